The number of hydrogen-bond acceptors (Lipinski definition) is 5. The quantitative estimate of drug-likeness (QED) is 0.634. The molecule has 1 heterocycles. The number of sulfonamides is 1. The van der Waals surface area contributed by atoms with E-state index >= 15 is 0 Å². The lowest BCUT2D eigenvalue weighted by Crippen LogP contribution is -2.43. The molecule has 8 nitrogen and oxygen atoms in total. The summed E-state index contributed by atoms with van der Waals surface area (Å²) < 4.78 is 30.3. The molecule has 0 spiro atoms. The standard InChI is InChI=1S/C19H21N3O5S/c1-12-4-3-5-13(2)19(12)27-11-18(24)21-22-28(25,26)15-7-8-16-14(10-15)6-9-17(23)20-16/h3-5,7-8,10,22H,6,9,11H2,1-2H3,(H,20,23)(H,21,24). The van der Waals surface area contributed by atoms with E-state index < -0.39 is 15.9 Å². The number of amides is 2. The van der Waals surface area contributed by atoms with Gasteiger partial charge in [-0.2, -0.15) is 0 Å². The lowest BCUT2D eigenvalue weighted by atomic mass is 10.0. The van der Waals surface area contributed by atoms with E-state index in [4.69, 9.17) is 4.74 Å². The molecule has 0 unspecified atom stereocenters. The number of carbonyl (C=O) groups excluding carboxylic acids is 2. The highest BCUT2D eigenvalue weighted by Gasteiger charge is 2.20. The summed E-state index contributed by atoms with van der Waals surface area (Å²) in [6, 6.07) is 9.99. The van der Waals surface area contributed by atoms with Crippen molar-refractivity contribution in [2.24, 2.45) is 0 Å². The van der Waals surface area contributed by atoms with E-state index in [1.165, 1.54) is 18.2 Å². The minimum atomic E-state index is -3.95. The number of nitrogens with one attached hydrogen (secondary N) is 3. The molecular formula is C19H21N3O5S. The van der Waals surface area contributed by atoms with Gasteiger partial charge in [0, 0.05) is 12.1 Å². The zero-order valence-corrected chi connectivity index (χ0v) is 16.4. The van der Waals surface area contributed by atoms with Crippen LogP contribution in [0.4, 0.5) is 5.69 Å². The van der Waals surface area contributed by atoms with E-state index in [0.29, 0.717) is 24.3 Å². The third-order valence-electron chi connectivity index (χ3n) is 4.36. The van der Waals surface area contributed by atoms with Crippen LogP contribution in [0.15, 0.2) is 41.3 Å². The summed E-state index contributed by atoms with van der Waals surface area (Å²) >= 11 is 0. The van der Waals surface area contributed by atoms with Gasteiger partial charge in [-0.25, -0.2) is 8.42 Å². The third-order valence-corrected chi connectivity index (χ3v) is 5.61. The summed E-state index contributed by atoms with van der Waals surface area (Å²) in [7, 11) is -3.95. The number of benzene rings is 2. The Balaban J connectivity index is 1.60. The van der Waals surface area contributed by atoms with E-state index in [2.05, 4.69) is 15.6 Å². The Morgan fingerprint density at radius 1 is 1.14 bits per heavy atom. The highest BCUT2D eigenvalue weighted by molar-refractivity contribution is 7.89. The number of aryl methyl sites for hydroxylation is 3. The average Bonchev–Trinajstić information content (AvgIpc) is 2.65. The van der Waals surface area contributed by atoms with Crippen LogP contribution in [-0.4, -0.2) is 26.8 Å². The first-order valence-corrected chi connectivity index (χ1v) is 10.2. The summed E-state index contributed by atoms with van der Waals surface area (Å²) in [5.74, 6) is -0.133. The molecule has 2 aromatic rings. The molecule has 3 rings (SSSR count). The summed E-state index contributed by atoms with van der Waals surface area (Å²) in [6.45, 7) is 3.40. The number of hydrazine groups is 1. The van der Waals surface area contributed by atoms with Crippen molar-refractivity contribution in [2.45, 2.75) is 31.6 Å². The molecule has 0 bridgehead atoms. The molecular weight excluding hydrogens is 382 g/mol. The van der Waals surface area contributed by atoms with Gasteiger partial charge in [-0.05, 0) is 55.2 Å². The van der Waals surface area contributed by atoms with E-state index in [0.717, 1.165) is 16.7 Å². The molecule has 0 saturated carbocycles. The Kier molecular flexibility index (Phi) is 5.66. The van der Waals surface area contributed by atoms with Crippen molar-refractivity contribution in [1.29, 1.82) is 0 Å². The number of hydrogen-bond donors (Lipinski definition) is 3. The van der Waals surface area contributed by atoms with Crippen LogP contribution in [0.1, 0.15) is 23.1 Å². The van der Waals surface area contributed by atoms with Crippen LogP contribution in [-0.2, 0) is 26.0 Å². The molecule has 0 saturated heterocycles. The largest absolute Gasteiger partial charge is 0.483 e. The third kappa shape index (κ3) is 4.49. The molecule has 0 atom stereocenters. The Labute approximate surface area is 163 Å². The van der Waals surface area contributed by atoms with Gasteiger partial charge in [0.2, 0.25) is 5.91 Å². The van der Waals surface area contributed by atoms with Crippen LogP contribution < -0.4 is 20.3 Å². The maximum atomic E-state index is 12.4. The van der Waals surface area contributed by atoms with Gasteiger partial charge in [-0.3, -0.25) is 15.0 Å². The Hall–Kier alpha value is -2.91. The molecule has 0 aromatic heterocycles. The highest BCUT2D eigenvalue weighted by Crippen LogP contribution is 2.25. The van der Waals surface area contributed by atoms with Crippen LogP contribution in [0.3, 0.4) is 0 Å². The summed E-state index contributed by atoms with van der Waals surface area (Å²) in [5.41, 5.74) is 5.24. The predicted molar refractivity (Wildman–Crippen MR) is 103 cm³/mol. The maximum Gasteiger partial charge on any atom is 0.272 e. The van der Waals surface area contributed by atoms with Crippen molar-refractivity contribution in [2.75, 3.05) is 11.9 Å². The molecule has 9 heteroatoms. The lowest BCUT2D eigenvalue weighted by Gasteiger charge is -2.18. The monoisotopic (exact) mass is 403 g/mol. The van der Waals surface area contributed by atoms with Gasteiger partial charge in [0.15, 0.2) is 6.61 Å². The van der Waals surface area contributed by atoms with Crippen molar-refractivity contribution in [3.05, 3.63) is 53.1 Å². The first kappa shape index (κ1) is 19.8. The molecule has 148 valence electrons. The molecule has 1 aliphatic rings. The van der Waals surface area contributed by atoms with Gasteiger partial charge in [0.05, 0.1) is 4.90 Å². The fourth-order valence-electron chi connectivity index (χ4n) is 2.91. The van der Waals surface area contributed by atoms with Gasteiger partial charge in [0.1, 0.15) is 5.75 Å². The zero-order valence-electron chi connectivity index (χ0n) is 15.5. The molecule has 2 amide bonds. The van der Waals surface area contributed by atoms with Crippen molar-refractivity contribution < 1.29 is 22.7 Å². The van der Waals surface area contributed by atoms with Gasteiger partial charge >= 0.3 is 0 Å². The summed E-state index contributed by atoms with van der Waals surface area (Å²) in [6.07, 6.45) is 0.761. The normalized spacial score (nSPS) is 13.4. The predicted octanol–water partition coefficient (Wildman–Crippen LogP) is 1.58. The molecule has 0 radical (unpaired) electrons. The van der Waals surface area contributed by atoms with E-state index in [1.54, 1.807) is 0 Å². The molecule has 1 aliphatic heterocycles. The Bertz CT molecular complexity index is 1010. The molecule has 0 fully saturated rings. The number of fused-ring (bicyclic) bond motifs is 1. The second-order valence-electron chi connectivity index (χ2n) is 6.53. The van der Waals surface area contributed by atoms with Crippen LogP contribution in [0, 0.1) is 13.8 Å². The van der Waals surface area contributed by atoms with Gasteiger partial charge in [0.25, 0.3) is 15.9 Å². The SMILES string of the molecule is Cc1cccc(C)c1OCC(=O)NNS(=O)(=O)c1ccc2c(c1)CCC(=O)N2. The topological polar surface area (TPSA) is 114 Å². The van der Waals surface area contributed by atoms with Gasteiger partial charge in [-0.15, -0.1) is 4.83 Å². The smallest absolute Gasteiger partial charge is 0.272 e. The zero-order chi connectivity index (χ0) is 20.3. The van der Waals surface area contributed by atoms with Crippen molar-refractivity contribution in [3.8, 4) is 5.75 Å². The number of rotatable bonds is 6. The maximum absolute atomic E-state index is 12.4. The first-order chi connectivity index (χ1) is 13.3. The minimum Gasteiger partial charge on any atom is -0.483 e. The molecule has 28 heavy (non-hydrogen) atoms. The number of ether oxygens (including phenoxy) is 1. The van der Waals surface area contributed by atoms with Crippen molar-refractivity contribution in [1.82, 2.24) is 10.3 Å². The van der Waals surface area contributed by atoms with E-state index in [1.807, 2.05) is 32.0 Å². The van der Waals surface area contributed by atoms with Crippen LogP contribution in [0.25, 0.3) is 0 Å². The second-order valence-corrected chi connectivity index (χ2v) is 8.21. The first-order valence-electron chi connectivity index (χ1n) is 8.69. The van der Waals surface area contributed by atoms with Crippen LogP contribution >= 0.6 is 0 Å². The van der Waals surface area contributed by atoms with Gasteiger partial charge < -0.3 is 10.1 Å². The molecule has 2 aromatic carbocycles. The number of anilines is 1. The summed E-state index contributed by atoms with van der Waals surface area (Å²) in [4.78, 5) is 25.4. The van der Waals surface area contributed by atoms with Crippen LogP contribution in [0.5, 0.6) is 5.75 Å². The fourth-order valence-corrected chi connectivity index (χ4v) is 3.82. The fraction of sp³-hybridized carbons (Fsp3) is 0.263. The Morgan fingerprint density at radius 3 is 2.57 bits per heavy atom. The lowest BCUT2D eigenvalue weighted by molar-refractivity contribution is -0.123. The van der Waals surface area contributed by atoms with Gasteiger partial charge in [-0.1, -0.05) is 18.2 Å². The van der Waals surface area contributed by atoms with Crippen LogP contribution in [0.2, 0.25) is 0 Å². The van der Waals surface area contributed by atoms with E-state index in [9.17, 15) is 18.0 Å². The van der Waals surface area contributed by atoms with Crippen molar-refractivity contribution in [3.63, 3.8) is 0 Å². The molecule has 3 N–H and O–H groups in total. The highest BCUT2D eigenvalue weighted by atomic mass is 32.2. The second kappa shape index (κ2) is 7.99. The molecule has 0 aliphatic carbocycles. The average molecular weight is 403 g/mol. The summed E-state index contributed by atoms with van der Waals surface area (Å²) in [5, 5.41) is 2.69. The number of carbonyl (C=O) groups is 2. The van der Waals surface area contributed by atoms with E-state index in [-0.39, 0.29) is 17.4 Å². The minimum absolute atomic E-state index is 0.00151. The Morgan fingerprint density at radius 2 is 1.86 bits per heavy atom. The van der Waals surface area contributed by atoms with Crippen molar-refractivity contribution >= 4 is 27.5 Å². The number of para-hydroxylation sites is 1.